The van der Waals surface area contributed by atoms with Crippen LogP contribution in [0.4, 0.5) is 0 Å². The third-order valence-electron chi connectivity index (χ3n) is 2.83. The minimum absolute atomic E-state index is 0.117. The van der Waals surface area contributed by atoms with Crippen molar-refractivity contribution in [3.05, 3.63) is 33.8 Å². The summed E-state index contributed by atoms with van der Waals surface area (Å²) in [6.45, 7) is 1.34. The van der Waals surface area contributed by atoms with Crippen molar-refractivity contribution in [1.29, 1.82) is 0 Å². The molecule has 94 valence electrons. The molecule has 1 aliphatic rings. The molecule has 0 fully saturated rings. The van der Waals surface area contributed by atoms with Gasteiger partial charge in [-0.05, 0) is 28.1 Å². The first-order chi connectivity index (χ1) is 8.43. The molecule has 0 aliphatic carbocycles. The van der Waals surface area contributed by atoms with E-state index in [-0.39, 0.29) is 6.54 Å². The van der Waals surface area contributed by atoms with Gasteiger partial charge in [-0.3, -0.25) is 19.3 Å². The average molecular weight is 312 g/mol. The van der Waals surface area contributed by atoms with Crippen LogP contribution in [0, 0.1) is 5.92 Å². The highest BCUT2D eigenvalue weighted by atomic mass is 79.9. The Hall–Kier alpha value is -1.69. The van der Waals surface area contributed by atoms with E-state index in [2.05, 4.69) is 15.9 Å². The number of carbonyl (C=O) groups is 3. The summed E-state index contributed by atoms with van der Waals surface area (Å²) in [6, 6.07) is 4.90. The fourth-order valence-electron chi connectivity index (χ4n) is 1.81. The number of imide groups is 1. The number of hydrogen-bond donors (Lipinski definition) is 1. The van der Waals surface area contributed by atoms with Crippen LogP contribution >= 0.6 is 15.9 Å². The molecule has 0 bridgehead atoms. The molecular weight excluding hydrogens is 302 g/mol. The van der Waals surface area contributed by atoms with Crippen molar-refractivity contribution in [1.82, 2.24) is 4.90 Å². The highest BCUT2D eigenvalue weighted by Crippen LogP contribution is 2.29. The standard InChI is InChI=1S/C12H10BrNO4/c1-6(12(17)18)5-14-10(15)7-3-2-4-8(13)9(7)11(14)16/h2-4,6H,5H2,1H3,(H,17,18). The second-order valence-corrected chi connectivity index (χ2v) is 4.98. The van der Waals surface area contributed by atoms with Gasteiger partial charge in [0.05, 0.1) is 17.0 Å². The van der Waals surface area contributed by atoms with E-state index in [1.807, 2.05) is 0 Å². The van der Waals surface area contributed by atoms with Gasteiger partial charge in [-0.2, -0.15) is 0 Å². The average Bonchev–Trinajstić information content (AvgIpc) is 2.55. The van der Waals surface area contributed by atoms with Crippen molar-refractivity contribution in [2.45, 2.75) is 6.92 Å². The Bertz CT molecular complexity index is 555. The summed E-state index contributed by atoms with van der Waals surface area (Å²) >= 11 is 3.22. The predicted molar refractivity (Wildman–Crippen MR) is 66.3 cm³/mol. The van der Waals surface area contributed by atoms with Crippen LogP contribution in [0.25, 0.3) is 0 Å². The minimum atomic E-state index is -1.04. The van der Waals surface area contributed by atoms with Crippen molar-refractivity contribution in [2.24, 2.45) is 5.92 Å². The van der Waals surface area contributed by atoms with E-state index in [1.54, 1.807) is 18.2 Å². The number of amides is 2. The van der Waals surface area contributed by atoms with Crippen molar-refractivity contribution in [3.63, 3.8) is 0 Å². The van der Waals surface area contributed by atoms with E-state index < -0.39 is 23.7 Å². The van der Waals surface area contributed by atoms with E-state index in [4.69, 9.17) is 5.11 Å². The zero-order valence-corrected chi connectivity index (χ0v) is 11.1. The quantitative estimate of drug-likeness (QED) is 0.863. The number of halogens is 1. The number of rotatable bonds is 3. The van der Waals surface area contributed by atoms with Gasteiger partial charge < -0.3 is 5.11 Å². The van der Waals surface area contributed by atoms with Gasteiger partial charge in [0.2, 0.25) is 0 Å². The Labute approximate surface area is 112 Å². The van der Waals surface area contributed by atoms with Crippen LogP contribution in [-0.4, -0.2) is 34.3 Å². The van der Waals surface area contributed by atoms with E-state index >= 15 is 0 Å². The van der Waals surface area contributed by atoms with E-state index in [0.29, 0.717) is 15.6 Å². The second kappa shape index (κ2) is 4.53. The molecule has 18 heavy (non-hydrogen) atoms. The van der Waals surface area contributed by atoms with Gasteiger partial charge in [-0.15, -0.1) is 0 Å². The lowest BCUT2D eigenvalue weighted by Crippen LogP contribution is -2.36. The third-order valence-corrected chi connectivity index (χ3v) is 3.49. The Morgan fingerprint density at radius 3 is 2.61 bits per heavy atom. The number of benzene rings is 1. The molecule has 0 aromatic heterocycles. The van der Waals surface area contributed by atoms with Gasteiger partial charge in [-0.25, -0.2) is 0 Å². The fraction of sp³-hybridized carbons (Fsp3) is 0.250. The highest BCUT2D eigenvalue weighted by molar-refractivity contribution is 9.10. The third kappa shape index (κ3) is 1.92. The van der Waals surface area contributed by atoms with Crippen LogP contribution in [0.5, 0.6) is 0 Å². The summed E-state index contributed by atoms with van der Waals surface area (Å²) in [5.41, 5.74) is 0.618. The van der Waals surface area contributed by atoms with Gasteiger partial charge in [0.25, 0.3) is 11.8 Å². The van der Waals surface area contributed by atoms with E-state index in [0.717, 1.165) is 4.90 Å². The molecular formula is C12H10BrNO4. The molecule has 2 amide bonds. The molecule has 1 N–H and O–H groups in total. The van der Waals surface area contributed by atoms with Crippen molar-refractivity contribution >= 4 is 33.7 Å². The Kier molecular flexibility index (Phi) is 3.21. The Morgan fingerprint density at radius 1 is 1.39 bits per heavy atom. The molecule has 0 saturated carbocycles. The molecule has 1 aromatic rings. The first kappa shape index (κ1) is 12.8. The first-order valence-corrected chi connectivity index (χ1v) is 6.10. The van der Waals surface area contributed by atoms with Gasteiger partial charge in [-0.1, -0.05) is 13.0 Å². The summed E-state index contributed by atoms with van der Waals surface area (Å²) < 4.78 is 0.545. The summed E-state index contributed by atoms with van der Waals surface area (Å²) in [5.74, 6) is -2.71. The van der Waals surface area contributed by atoms with Crippen LogP contribution < -0.4 is 0 Å². The monoisotopic (exact) mass is 311 g/mol. The number of hydrogen-bond acceptors (Lipinski definition) is 3. The summed E-state index contributed by atoms with van der Waals surface area (Å²) in [4.78, 5) is 35.8. The summed E-state index contributed by atoms with van der Waals surface area (Å²) in [7, 11) is 0. The van der Waals surface area contributed by atoms with Crippen LogP contribution in [0.1, 0.15) is 27.6 Å². The molecule has 1 unspecified atom stereocenters. The molecule has 6 heteroatoms. The molecule has 0 spiro atoms. The number of nitrogens with zero attached hydrogens (tertiary/aromatic N) is 1. The zero-order valence-electron chi connectivity index (χ0n) is 9.51. The van der Waals surface area contributed by atoms with Gasteiger partial charge >= 0.3 is 5.97 Å². The number of aliphatic carboxylic acids is 1. The van der Waals surface area contributed by atoms with Crippen LogP contribution in [0.2, 0.25) is 0 Å². The highest BCUT2D eigenvalue weighted by Gasteiger charge is 2.38. The summed E-state index contributed by atoms with van der Waals surface area (Å²) in [5, 5.41) is 8.83. The maximum atomic E-state index is 12.1. The number of carbonyl (C=O) groups excluding carboxylic acids is 2. The van der Waals surface area contributed by atoms with Crippen LogP contribution in [0.15, 0.2) is 22.7 Å². The Morgan fingerprint density at radius 2 is 2.06 bits per heavy atom. The lowest BCUT2D eigenvalue weighted by molar-refractivity contribution is -0.141. The topological polar surface area (TPSA) is 74.7 Å². The van der Waals surface area contributed by atoms with Crippen molar-refractivity contribution in [2.75, 3.05) is 6.54 Å². The molecule has 5 nitrogen and oxygen atoms in total. The van der Waals surface area contributed by atoms with E-state index in [1.165, 1.54) is 6.92 Å². The lowest BCUT2D eigenvalue weighted by Gasteiger charge is -2.16. The molecule has 1 aromatic carbocycles. The van der Waals surface area contributed by atoms with Crippen molar-refractivity contribution in [3.8, 4) is 0 Å². The van der Waals surface area contributed by atoms with Crippen molar-refractivity contribution < 1.29 is 19.5 Å². The maximum Gasteiger partial charge on any atom is 0.308 e. The Balaban J connectivity index is 2.35. The van der Waals surface area contributed by atoms with Crippen LogP contribution in [-0.2, 0) is 4.79 Å². The smallest absolute Gasteiger partial charge is 0.308 e. The molecule has 1 atom stereocenters. The molecule has 0 saturated heterocycles. The normalized spacial score (nSPS) is 15.8. The lowest BCUT2D eigenvalue weighted by atomic mass is 10.1. The second-order valence-electron chi connectivity index (χ2n) is 4.12. The first-order valence-electron chi connectivity index (χ1n) is 5.31. The minimum Gasteiger partial charge on any atom is -0.481 e. The van der Waals surface area contributed by atoms with Gasteiger partial charge in [0.15, 0.2) is 0 Å². The van der Waals surface area contributed by atoms with Gasteiger partial charge in [0.1, 0.15) is 0 Å². The SMILES string of the molecule is CC(CN1C(=O)c2cccc(Br)c2C1=O)C(=O)O. The van der Waals surface area contributed by atoms with Crippen LogP contribution in [0.3, 0.4) is 0 Å². The number of carboxylic acids is 1. The maximum absolute atomic E-state index is 12.1. The summed E-state index contributed by atoms with van der Waals surface area (Å²) in [6.07, 6.45) is 0. The zero-order chi connectivity index (χ0) is 13.4. The molecule has 1 heterocycles. The molecule has 0 radical (unpaired) electrons. The molecule has 1 aliphatic heterocycles. The van der Waals surface area contributed by atoms with E-state index in [9.17, 15) is 14.4 Å². The van der Waals surface area contributed by atoms with Gasteiger partial charge in [0, 0.05) is 11.0 Å². The number of fused-ring (bicyclic) bond motifs is 1. The molecule has 2 rings (SSSR count). The predicted octanol–water partition coefficient (Wildman–Crippen LogP) is 1.77. The number of carboxylic acid groups (broad SMARTS) is 1. The largest absolute Gasteiger partial charge is 0.481 e. The fourth-order valence-corrected chi connectivity index (χ4v) is 2.35.